The smallest absolute Gasteiger partial charge is 0.288 e. The molecule has 8 heteroatoms. The Morgan fingerprint density at radius 3 is 2.46 bits per heavy atom. The summed E-state index contributed by atoms with van der Waals surface area (Å²) in [6.07, 6.45) is 1.98. The number of benzene rings is 2. The average Bonchev–Trinajstić information content (AvgIpc) is 3.46. The number of alkyl halides is 2. The summed E-state index contributed by atoms with van der Waals surface area (Å²) in [5.41, 5.74) is 1.68. The molecule has 1 fully saturated rings. The van der Waals surface area contributed by atoms with Gasteiger partial charge in [-0.3, -0.25) is 9.59 Å². The number of halogens is 2. The molecule has 2 N–H and O–H groups in total. The molecule has 1 aliphatic carbocycles. The predicted octanol–water partition coefficient (Wildman–Crippen LogP) is 4.10. The van der Waals surface area contributed by atoms with E-state index in [9.17, 15) is 18.4 Å². The Hall–Kier alpha value is -2.61. The Morgan fingerprint density at radius 1 is 1.14 bits per heavy atom. The number of thioether (sulfide) groups is 1. The fourth-order valence-electron chi connectivity index (χ4n) is 2.65. The maximum atomic E-state index is 12.8. The number of rotatable bonds is 8. The first kappa shape index (κ1) is 20.1. The molecule has 0 saturated heterocycles. The zero-order chi connectivity index (χ0) is 20.1. The van der Waals surface area contributed by atoms with Gasteiger partial charge in [0.2, 0.25) is 5.91 Å². The number of carbonyl (C=O) groups is 2. The largest absolute Gasteiger partial charge is 0.355 e. The highest BCUT2D eigenvalue weighted by atomic mass is 32.2. The van der Waals surface area contributed by atoms with Crippen LogP contribution in [-0.4, -0.2) is 42.1 Å². The first-order chi connectivity index (χ1) is 13.4. The summed E-state index contributed by atoms with van der Waals surface area (Å²) in [7, 11) is 1.59. The Labute approximate surface area is 166 Å². The molecular formula is C20H21F2N3O2S. The first-order valence-electron chi connectivity index (χ1n) is 8.88. The van der Waals surface area contributed by atoms with Crippen LogP contribution in [0.15, 0.2) is 53.4 Å². The van der Waals surface area contributed by atoms with Gasteiger partial charge in [0.1, 0.15) is 0 Å². The van der Waals surface area contributed by atoms with Gasteiger partial charge in [0.05, 0.1) is 17.8 Å². The Morgan fingerprint density at radius 2 is 1.82 bits per heavy atom. The van der Waals surface area contributed by atoms with Gasteiger partial charge >= 0.3 is 0 Å². The summed E-state index contributed by atoms with van der Waals surface area (Å²) in [6, 6.07) is 13.8. The van der Waals surface area contributed by atoms with Crippen molar-refractivity contribution in [2.75, 3.05) is 18.9 Å². The summed E-state index contributed by atoms with van der Waals surface area (Å²) in [6.45, 7) is -0.0107. The van der Waals surface area contributed by atoms with E-state index in [0.717, 1.165) is 12.8 Å². The summed E-state index contributed by atoms with van der Waals surface area (Å²) in [5, 5.41) is 6.00. The molecule has 1 saturated carbocycles. The highest BCUT2D eigenvalue weighted by Crippen LogP contribution is 2.28. The van der Waals surface area contributed by atoms with Crippen molar-refractivity contribution in [1.29, 1.82) is 0 Å². The van der Waals surface area contributed by atoms with Crippen molar-refractivity contribution in [1.82, 2.24) is 10.2 Å². The van der Waals surface area contributed by atoms with Gasteiger partial charge in [-0.25, -0.2) is 0 Å². The van der Waals surface area contributed by atoms with Gasteiger partial charge in [0, 0.05) is 23.7 Å². The van der Waals surface area contributed by atoms with E-state index in [1.165, 1.54) is 4.90 Å². The zero-order valence-corrected chi connectivity index (χ0v) is 16.1. The van der Waals surface area contributed by atoms with E-state index in [0.29, 0.717) is 33.6 Å². The van der Waals surface area contributed by atoms with Gasteiger partial charge in [-0.15, -0.1) is 0 Å². The maximum Gasteiger partial charge on any atom is 0.288 e. The van der Waals surface area contributed by atoms with Crippen LogP contribution in [0.5, 0.6) is 0 Å². The van der Waals surface area contributed by atoms with Crippen molar-refractivity contribution in [3.8, 4) is 0 Å². The highest BCUT2D eigenvalue weighted by molar-refractivity contribution is 7.99. The Bertz CT molecular complexity index is 842. The molecule has 148 valence electrons. The number of carbonyl (C=O) groups excluding carboxylic acids is 2. The fraction of sp³-hybridized carbons (Fsp3) is 0.300. The molecule has 28 heavy (non-hydrogen) atoms. The number of nitrogens with one attached hydrogen (secondary N) is 2. The molecule has 0 heterocycles. The van der Waals surface area contributed by atoms with Crippen LogP contribution < -0.4 is 10.6 Å². The second kappa shape index (κ2) is 9.05. The van der Waals surface area contributed by atoms with Crippen molar-refractivity contribution >= 4 is 35.0 Å². The van der Waals surface area contributed by atoms with Crippen LogP contribution in [0.4, 0.5) is 20.2 Å². The lowest BCUT2D eigenvalue weighted by atomic mass is 10.1. The molecule has 0 radical (unpaired) electrons. The first-order valence-corrected chi connectivity index (χ1v) is 9.76. The zero-order valence-electron chi connectivity index (χ0n) is 15.3. The van der Waals surface area contributed by atoms with E-state index in [1.54, 1.807) is 55.6 Å². The third kappa shape index (κ3) is 5.69. The third-order valence-electron chi connectivity index (χ3n) is 4.19. The van der Waals surface area contributed by atoms with Crippen molar-refractivity contribution in [3.63, 3.8) is 0 Å². The lowest BCUT2D eigenvalue weighted by molar-refractivity contribution is -0.121. The SMILES string of the molecule is CN(CC(=O)NC1CC1)C(=O)c1ccccc1Nc1ccc(SC(F)F)cc1. The molecule has 2 amide bonds. The third-order valence-corrected chi connectivity index (χ3v) is 4.91. The minimum absolute atomic E-state index is 0.0107. The minimum Gasteiger partial charge on any atom is -0.355 e. The molecule has 1 aliphatic rings. The summed E-state index contributed by atoms with van der Waals surface area (Å²) in [5.74, 6) is -2.92. The number of hydrogen-bond acceptors (Lipinski definition) is 4. The van der Waals surface area contributed by atoms with Gasteiger partial charge < -0.3 is 15.5 Å². The lowest BCUT2D eigenvalue weighted by Crippen LogP contribution is -2.39. The van der Waals surface area contributed by atoms with E-state index in [4.69, 9.17) is 0 Å². The van der Waals surface area contributed by atoms with E-state index in [2.05, 4.69) is 10.6 Å². The van der Waals surface area contributed by atoms with Gasteiger partial charge in [-0.05, 0) is 49.2 Å². The van der Waals surface area contributed by atoms with Crippen LogP contribution in [0.1, 0.15) is 23.2 Å². The number of hydrogen-bond donors (Lipinski definition) is 2. The number of nitrogens with zero attached hydrogens (tertiary/aromatic N) is 1. The molecule has 0 aliphatic heterocycles. The van der Waals surface area contributed by atoms with Crippen LogP contribution in [0.3, 0.4) is 0 Å². The van der Waals surface area contributed by atoms with Gasteiger partial charge in [0.25, 0.3) is 11.7 Å². The second-order valence-electron chi connectivity index (χ2n) is 6.58. The van der Waals surface area contributed by atoms with Crippen molar-refractivity contribution in [2.45, 2.75) is 29.5 Å². The van der Waals surface area contributed by atoms with Crippen LogP contribution in [0, 0.1) is 0 Å². The van der Waals surface area contributed by atoms with Gasteiger partial charge in [0.15, 0.2) is 0 Å². The van der Waals surface area contributed by atoms with Crippen molar-refractivity contribution in [3.05, 3.63) is 54.1 Å². The number of likely N-dealkylation sites (N-methyl/N-ethyl adjacent to an activating group) is 1. The van der Waals surface area contributed by atoms with Crippen molar-refractivity contribution in [2.24, 2.45) is 0 Å². The quantitative estimate of drug-likeness (QED) is 0.650. The maximum absolute atomic E-state index is 12.8. The van der Waals surface area contributed by atoms with Gasteiger partial charge in [-0.1, -0.05) is 23.9 Å². The molecule has 5 nitrogen and oxygen atoms in total. The molecule has 3 rings (SSSR count). The Kier molecular flexibility index (Phi) is 6.51. The van der Waals surface area contributed by atoms with Crippen LogP contribution >= 0.6 is 11.8 Å². The summed E-state index contributed by atoms with van der Waals surface area (Å²) < 4.78 is 24.9. The van der Waals surface area contributed by atoms with E-state index < -0.39 is 5.76 Å². The van der Waals surface area contributed by atoms with Crippen molar-refractivity contribution < 1.29 is 18.4 Å². The fourth-order valence-corrected chi connectivity index (χ4v) is 3.15. The minimum atomic E-state index is -2.47. The second-order valence-corrected chi connectivity index (χ2v) is 7.64. The molecule has 0 bridgehead atoms. The Balaban J connectivity index is 1.67. The van der Waals surface area contributed by atoms with Gasteiger partial charge in [-0.2, -0.15) is 8.78 Å². The number of anilines is 2. The molecule has 2 aromatic carbocycles. The number of amides is 2. The summed E-state index contributed by atoms with van der Waals surface area (Å²) >= 11 is 0.480. The molecule has 0 unspecified atom stereocenters. The molecule has 2 aromatic rings. The topological polar surface area (TPSA) is 61.4 Å². The molecule has 0 atom stereocenters. The van der Waals surface area contributed by atoms with E-state index in [-0.39, 0.29) is 24.4 Å². The molecule has 0 spiro atoms. The van der Waals surface area contributed by atoms with Crippen LogP contribution in [0.25, 0.3) is 0 Å². The van der Waals surface area contributed by atoms with Crippen LogP contribution in [0.2, 0.25) is 0 Å². The number of para-hydroxylation sites is 1. The lowest BCUT2D eigenvalue weighted by Gasteiger charge is -2.19. The van der Waals surface area contributed by atoms with Crippen LogP contribution in [-0.2, 0) is 4.79 Å². The monoisotopic (exact) mass is 405 g/mol. The van der Waals surface area contributed by atoms with E-state index in [1.807, 2.05) is 0 Å². The van der Waals surface area contributed by atoms with E-state index >= 15 is 0 Å². The highest BCUT2D eigenvalue weighted by Gasteiger charge is 2.25. The predicted molar refractivity (Wildman–Crippen MR) is 106 cm³/mol. The summed E-state index contributed by atoms with van der Waals surface area (Å²) in [4.78, 5) is 26.6. The molecular weight excluding hydrogens is 384 g/mol. The normalized spacial score (nSPS) is 13.3. The average molecular weight is 405 g/mol. The standard InChI is InChI=1S/C20H21F2N3O2S/c1-25(12-18(26)24-14-6-7-14)19(27)16-4-2-3-5-17(16)23-13-8-10-15(11-9-13)28-20(21)22/h2-5,8-11,14,20,23H,6-7,12H2,1H3,(H,24,26). The molecule has 0 aromatic heterocycles.